The van der Waals surface area contributed by atoms with Gasteiger partial charge in [0.2, 0.25) is 0 Å². The lowest BCUT2D eigenvalue weighted by Crippen LogP contribution is -2.45. The van der Waals surface area contributed by atoms with Gasteiger partial charge in [-0.25, -0.2) is 0 Å². The molecule has 0 saturated heterocycles. The summed E-state index contributed by atoms with van der Waals surface area (Å²) in [5.74, 6) is 1.01. The van der Waals surface area contributed by atoms with Gasteiger partial charge in [-0.2, -0.15) is 0 Å². The minimum atomic E-state index is -0.0815. The van der Waals surface area contributed by atoms with Crippen LogP contribution in [0.25, 0.3) is 17.2 Å². The number of hydrogen-bond acceptors (Lipinski definition) is 1. The molecule has 390 valence electrons. The predicted molar refractivity (Wildman–Crippen MR) is 320 cm³/mol. The second-order valence-electron chi connectivity index (χ2n) is 23.8. The van der Waals surface area contributed by atoms with E-state index in [0.717, 1.165) is 24.1 Å². The van der Waals surface area contributed by atoms with Crippen LogP contribution < -0.4 is 4.90 Å². The second kappa shape index (κ2) is 26.2. The van der Waals surface area contributed by atoms with E-state index in [-0.39, 0.29) is 21.7 Å². The van der Waals surface area contributed by atoms with Crippen LogP contribution in [0.5, 0.6) is 0 Å². The molecule has 0 spiro atoms. The smallest absolute Gasteiger partial charge is 0.0467 e. The van der Waals surface area contributed by atoms with Crippen LogP contribution in [-0.2, 0) is 21.7 Å². The van der Waals surface area contributed by atoms with Gasteiger partial charge in [-0.15, -0.1) is 0 Å². The molecule has 0 aliphatic heterocycles. The van der Waals surface area contributed by atoms with E-state index in [0.29, 0.717) is 11.8 Å². The van der Waals surface area contributed by atoms with Gasteiger partial charge in [-0.3, -0.25) is 0 Å². The van der Waals surface area contributed by atoms with Crippen molar-refractivity contribution in [2.75, 3.05) is 4.90 Å². The van der Waals surface area contributed by atoms with Crippen molar-refractivity contribution in [1.29, 1.82) is 0 Å². The normalized spacial score (nSPS) is 14.2. The summed E-state index contributed by atoms with van der Waals surface area (Å²) in [4.78, 5) is 2.43. The number of hydrogen-bond donors (Lipinski definition) is 0. The molecule has 0 aromatic heterocycles. The third-order valence-electron chi connectivity index (χ3n) is 18.4. The molecule has 1 heteroatoms. The maximum atomic E-state index is 4.13. The predicted octanol–water partition coefficient (Wildman–Crippen LogP) is 22.6. The Balaban J connectivity index is 1.44. The Bertz CT molecular complexity index is 2410. The summed E-state index contributed by atoms with van der Waals surface area (Å²) in [5.41, 5.74) is 17.1. The van der Waals surface area contributed by atoms with Crippen LogP contribution in [0.15, 0.2) is 116 Å². The quantitative estimate of drug-likeness (QED) is 0.0400. The first-order chi connectivity index (χ1) is 34.7. The molecule has 2 atom stereocenters. The lowest BCUT2D eigenvalue weighted by molar-refractivity contribution is 0.144. The highest BCUT2D eigenvalue weighted by molar-refractivity contribution is 5.82. The van der Waals surface area contributed by atoms with Crippen LogP contribution >= 0.6 is 0 Å². The third-order valence-corrected chi connectivity index (χ3v) is 18.4. The van der Waals surface area contributed by atoms with Crippen molar-refractivity contribution in [1.82, 2.24) is 0 Å². The highest BCUT2D eigenvalue weighted by atomic mass is 15.1. The van der Waals surface area contributed by atoms with Crippen molar-refractivity contribution in [3.8, 4) is 11.1 Å². The van der Waals surface area contributed by atoms with Gasteiger partial charge in [0.25, 0.3) is 0 Å². The molecule has 0 N–H and O–H groups in total. The Hall–Kier alpha value is -4.36. The fourth-order valence-electron chi connectivity index (χ4n) is 13.7. The van der Waals surface area contributed by atoms with Crippen LogP contribution in [0, 0.1) is 5.92 Å². The standard InChI is InChI=1S/C71H101N/c1-14-22-24-26-28-30-49-71(50-31-29-27-25-23-15-2)65-52-56(54(9)18-5)36-46-63(65)64-47-41-59(53-66(64)71)70(20-7,21-8)67(33-16-3)69(12,13)58-39-44-61(45-40-58)72(62-35-32-34-55(19-6)51-62)60-42-37-57(38-43-60)68(10,11)48-17-4/h19,32,34-47,51-54,67H,6,14-18,20-31,33,48-50H2,1-5,7-13H3. The summed E-state index contributed by atoms with van der Waals surface area (Å²) >= 11 is 0. The minimum absolute atomic E-state index is 0.0143. The zero-order valence-electron chi connectivity index (χ0n) is 48.1. The van der Waals surface area contributed by atoms with Gasteiger partial charge in [0.15, 0.2) is 0 Å². The first-order valence-corrected chi connectivity index (χ1v) is 29.8. The van der Waals surface area contributed by atoms with Gasteiger partial charge in [0, 0.05) is 22.5 Å². The minimum Gasteiger partial charge on any atom is -0.310 e. The average molecular weight is 969 g/mol. The van der Waals surface area contributed by atoms with Crippen LogP contribution in [-0.4, -0.2) is 0 Å². The van der Waals surface area contributed by atoms with Crippen molar-refractivity contribution >= 4 is 23.1 Å². The molecule has 0 saturated carbocycles. The van der Waals surface area contributed by atoms with Crippen molar-refractivity contribution in [2.45, 2.75) is 245 Å². The van der Waals surface area contributed by atoms with Gasteiger partial charge >= 0.3 is 0 Å². The first-order valence-electron chi connectivity index (χ1n) is 29.8. The maximum absolute atomic E-state index is 4.13. The van der Waals surface area contributed by atoms with Crippen molar-refractivity contribution in [2.24, 2.45) is 5.92 Å². The van der Waals surface area contributed by atoms with Crippen LogP contribution in [0.1, 0.15) is 263 Å². The van der Waals surface area contributed by atoms with Crippen LogP contribution in [0.4, 0.5) is 17.1 Å². The third kappa shape index (κ3) is 12.4. The molecule has 1 aliphatic rings. The molecule has 0 fully saturated rings. The topological polar surface area (TPSA) is 3.24 Å². The molecule has 0 heterocycles. The highest BCUT2D eigenvalue weighted by Gasteiger charge is 2.48. The Kier molecular flexibility index (Phi) is 20.7. The summed E-state index contributed by atoms with van der Waals surface area (Å²) in [6.07, 6.45) is 28.7. The van der Waals surface area contributed by atoms with E-state index >= 15 is 0 Å². The molecule has 5 aromatic carbocycles. The number of fused-ring (bicyclic) bond motifs is 3. The second-order valence-corrected chi connectivity index (χ2v) is 23.8. The molecule has 72 heavy (non-hydrogen) atoms. The molecule has 6 rings (SSSR count). The first kappa shape index (κ1) is 56.9. The van der Waals surface area contributed by atoms with Gasteiger partial charge in [-0.05, 0) is 159 Å². The van der Waals surface area contributed by atoms with E-state index in [1.165, 1.54) is 161 Å². The largest absolute Gasteiger partial charge is 0.310 e. The fraction of sp³-hybridized carbons (Fsp3) is 0.549. The molecular weight excluding hydrogens is 867 g/mol. The van der Waals surface area contributed by atoms with Crippen molar-refractivity contribution in [3.63, 3.8) is 0 Å². The monoisotopic (exact) mass is 968 g/mol. The van der Waals surface area contributed by atoms with Gasteiger partial charge in [-0.1, -0.05) is 258 Å². The van der Waals surface area contributed by atoms with E-state index in [9.17, 15) is 0 Å². The SMILES string of the molecule is C=Cc1cccc(N(c2ccc(C(C)(C)CCC)cc2)c2ccc(C(C)(C)C(CCC)C(CC)(CC)c3ccc4c(c3)C(CCCCCCCC)(CCCCCCCC)c3cc(C(C)CC)ccc3-4)cc2)c1. The Morgan fingerprint density at radius 1 is 0.528 bits per heavy atom. The summed E-state index contributed by atoms with van der Waals surface area (Å²) < 4.78 is 0. The average Bonchev–Trinajstić information content (AvgIpc) is 3.66. The molecule has 1 nitrogen and oxygen atoms in total. The van der Waals surface area contributed by atoms with Crippen LogP contribution in [0.2, 0.25) is 0 Å². The number of rotatable bonds is 31. The van der Waals surface area contributed by atoms with Gasteiger partial charge < -0.3 is 4.90 Å². The van der Waals surface area contributed by atoms with Gasteiger partial charge in [0.05, 0.1) is 0 Å². The number of anilines is 3. The van der Waals surface area contributed by atoms with E-state index in [2.05, 4.69) is 204 Å². The molecule has 0 bridgehead atoms. The summed E-state index contributed by atoms with van der Waals surface area (Å²) in [7, 11) is 0. The zero-order chi connectivity index (χ0) is 51.9. The maximum Gasteiger partial charge on any atom is 0.0467 e. The Labute approximate surface area is 443 Å². The number of unbranched alkanes of at least 4 members (excludes halogenated alkanes) is 10. The molecule has 5 aromatic rings. The van der Waals surface area contributed by atoms with Gasteiger partial charge in [0.1, 0.15) is 0 Å². The number of benzene rings is 5. The fourth-order valence-corrected chi connectivity index (χ4v) is 13.7. The lowest BCUT2D eigenvalue weighted by atomic mass is 9.54. The Morgan fingerprint density at radius 3 is 1.58 bits per heavy atom. The summed E-state index contributed by atoms with van der Waals surface area (Å²) in [6, 6.07) is 43.7. The molecule has 0 radical (unpaired) electrons. The summed E-state index contributed by atoms with van der Waals surface area (Å²) in [6.45, 7) is 33.3. The molecular formula is C71H101N. The lowest BCUT2D eigenvalue weighted by Gasteiger charge is -2.49. The molecule has 2 unspecified atom stereocenters. The van der Waals surface area contributed by atoms with E-state index in [1.54, 1.807) is 16.7 Å². The Morgan fingerprint density at radius 2 is 1.06 bits per heavy atom. The van der Waals surface area contributed by atoms with E-state index in [4.69, 9.17) is 0 Å². The van der Waals surface area contributed by atoms with Crippen molar-refractivity contribution in [3.05, 3.63) is 155 Å². The molecule has 1 aliphatic carbocycles. The van der Waals surface area contributed by atoms with E-state index < -0.39 is 0 Å². The van der Waals surface area contributed by atoms with Crippen molar-refractivity contribution < 1.29 is 0 Å². The van der Waals surface area contributed by atoms with E-state index in [1.807, 2.05) is 6.08 Å². The molecule has 0 amide bonds. The highest BCUT2D eigenvalue weighted by Crippen LogP contribution is 2.58. The van der Waals surface area contributed by atoms with Crippen LogP contribution in [0.3, 0.4) is 0 Å². The number of nitrogens with zero attached hydrogens (tertiary/aromatic N) is 1. The zero-order valence-corrected chi connectivity index (χ0v) is 48.1. The summed E-state index contributed by atoms with van der Waals surface area (Å²) in [5, 5.41) is 0.